The van der Waals surface area contributed by atoms with E-state index in [1.54, 1.807) is 13.8 Å². The van der Waals surface area contributed by atoms with Crippen molar-refractivity contribution < 1.29 is 39.6 Å². The van der Waals surface area contributed by atoms with Crippen LogP contribution in [0.3, 0.4) is 0 Å². The Morgan fingerprint density at radius 1 is 0.852 bits per heavy atom. The maximum Gasteiger partial charge on any atom is 0.328 e. The fourth-order valence-electron chi connectivity index (χ4n) is 1.96. The molecule has 0 fully saturated rings. The summed E-state index contributed by atoms with van der Waals surface area (Å²) in [5, 5.41) is 42.6. The van der Waals surface area contributed by atoms with Crippen LogP contribution < -0.4 is 21.7 Å². The van der Waals surface area contributed by atoms with Crippen molar-refractivity contribution >= 4 is 23.7 Å². The number of carboxylic acid groups (broad SMARTS) is 1. The lowest BCUT2D eigenvalue weighted by Crippen LogP contribution is -2.60. The molecule has 27 heavy (non-hydrogen) atoms. The Labute approximate surface area is 156 Å². The van der Waals surface area contributed by atoms with Crippen LogP contribution in [-0.2, 0) is 19.2 Å². The Morgan fingerprint density at radius 3 is 1.78 bits per heavy atom. The minimum absolute atomic E-state index is 0.369. The lowest BCUT2D eigenvalue weighted by atomic mass is 9.97. The van der Waals surface area contributed by atoms with Gasteiger partial charge in [0.1, 0.15) is 24.2 Å². The van der Waals surface area contributed by atoms with Crippen LogP contribution in [0.25, 0.3) is 0 Å². The van der Waals surface area contributed by atoms with Crippen LogP contribution in [0.15, 0.2) is 0 Å². The van der Waals surface area contributed by atoms with Crippen molar-refractivity contribution in [2.75, 3.05) is 19.8 Å². The molecule has 3 amide bonds. The van der Waals surface area contributed by atoms with Crippen molar-refractivity contribution in [3.05, 3.63) is 0 Å². The highest BCUT2D eigenvalue weighted by molar-refractivity contribution is 5.94. The molecule has 0 aliphatic rings. The molecule has 9 N–H and O–H groups in total. The standard InChI is InChI=1S/C15H28N4O8/c1-3-7(2)11(19-12(23)8(16)4-20)14(25)17-9(5-21)13(24)18-10(6-22)15(26)27/h7-11,20-22H,3-6,16H2,1-2H3,(H,17,25)(H,18,24)(H,19,23)(H,26,27)/t7-,8-,9-,10-,11-/m0/s1. The zero-order valence-electron chi connectivity index (χ0n) is 15.2. The Kier molecular flexibility index (Phi) is 11.1. The van der Waals surface area contributed by atoms with Crippen LogP contribution in [0.2, 0.25) is 0 Å². The van der Waals surface area contributed by atoms with E-state index in [0.717, 1.165) is 0 Å². The van der Waals surface area contributed by atoms with Gasteiger partial charge in [-0.3, -0.25) is 14.4 Å². The molecule has 0 saturated carbocycles. The van der Waals surface area contributed by atoms with E-state index in [0.29, 0.717) is 6.42 Å². The summed E-state index contributed by atoms with van der Waals surface area (Å²) in [4.78, 5) is 47.2. The number of hydrogen-bond donors (Lipinski definition) is 8. The summed E-state index contributed by atoms with van der Waals surface area (Å²) < 4.78 is 0. The summed E-state index contributed by atoms with van der Waals surface area (Å²) in [7, 11) is 0. The Hall–Kier alpha value is -2.28. The van der Waals surface area contributed by atoms with Gasteiger partial charge in [0, 0.05) is 0 Å². The van der Waals surface area contributed by atoms with Gasteiger partial charge >= 0.3 is 5.97 Å². The molecule has 156 valence electrons. The molecule has 12 heteroatoms. The van der Waals surface area contributed by atoms with Gasteiger partial charge in [-0.05, 0) is 5.92 Å². The monoisotopic (exact) mass is 392 g/mol. The normalized spacial score (nSPS) is 16.4. The second kappa shape index (κ2) is 12.2. The summed E-state index contributed by atoms with van der Waals surface area (Å²) in [6.07, 6.45) is 0.480. The van der Waals surface area contributed by atoms with Crippen molar-refractivity contribution in [1.29, 1.82) is 0 Å². The molecular formula is C15H28N4O8. The first-order valence-corrected chi connectivity index (χ1v) is 8.34. The summed E-state index contributed by atoms with van der Waals surface area (Å²) >= 11 is 0. The molecule has 0 radical (unpaired) electrons. The molecule has 0 aliphatic heterocycles. The first kappa shape index (κ1) is 24.7. The fourth-order valence-corrected chi connectivity index (χ4v) is 1.96. The third-order valence-corrected chi connectivity index (χ3v) is 3.94. The number of aliphatic hydroxyl groups is 3. The van der Waals surface area contributed by atoms with E-state index in [-0.39, 0.29) is 5.92 Å². The molecule has 0 bridgehead atoms. The minimum atomic E-state index is -1.60. The van der Waals surface area contributed by atoms with Gasteiger partial charge in [-0.1, -0.05) is 20.3 Å². The van der Waals surface area contributed by atoms with Crippen molar-refractivity contribution in [2.24, 2.45) is 11.7 Å². The topological polar surface area (TPSA) is 211 Å². The summed E-state index contributed by atoms with van der Waals surface area (Å²) in [6.45, 7) is 1.08. The highest BCUT2D eigenvalue weighted by Crippen LogP contribution is 2.09. The number of aliphatic carboxylic acids is 1. The molecule has 0 aromatic rings. The van der Waals surface area contributed by atoms with Crippen LogP contribution in [-0.4, -0.2) is 88.1 Å². The van der Waals surface area contributed by atoms with Crippen LogP contribution in [0.1, 0.15) is 20.3 Å². The van der Waals surface area contributed by atoms with Crippen molar-refractivity contribution in [1.82, 2.24) is 16.0 Å². The average molecular weight is 392 g/mol. The summed E-state index contributed by atoms with van der Waals surface area (Å²) in [5.41, 5.74) is 5.40. The Morgan fingerprint density at radius 2 is 1.37 bits per heavy atom. The van der Waals surface area contributed by atoms with E-state index in [1.807, 2.05) is 5.32 Å². The third kappa shape index (κ3) is 7.86. The number of nitrogens with one attached hydrogen (secondary N) is 3. The van der Waals surface area contributed by atoms with Gasteiger partial charge in [0.15, 0.2) is 0 Å². The number of aliphatic hydroxyl groups excluding tert-OH is 3. The van der Waals surface area contributed by atoms with Gasteiger partial charge in [-0.15, -0.1) is 0 Å². The van der Waals surface area contributed by atoms with Gasteiger partial charge in [0.25, 0.3) is 0 Å². The molecule has 0 rings (SSSR count). The van der Waals surface area contributed by atoms with Gasteiger partial charge < -0.3 is 42.1 Å². The lowest BCUT2D eigenvalue weighted by Gasteiger charge is -2.27. The van der Waals surface area contributed by atoms with E-state index >= 15 is 0 Å². The van der Waals surface area contributed by atoms with Crippen LogP contribution in [0, 0.1) is 5.92 Å². The smallest absolute Gasteiger partial charge is 0.328 e. The summed E-state index contributed by atoms with van der Waals surface area (Å²) in [5.74, 6) is -4.45. The number of carbonyl (C=O) groups is 4. The maximum atomic E-state index is 12.5. The maximum absolute atomic E-state index is 12.5. The largest absolute Gasteiger partial charge is 0.480 e. The average Bonchev–Trinajstić information content (AvgIpc) is 2.65. The van der Waals surface area contributed by atoms with E-state index in [2.05, 4.69) is 10.6 Å². The first-order valence-electron chi connectivity index (χ1n) is 8.34. The SMILES string of the molecule is CC[C@H](C)[C@H](NC(=O)[C@@H](N)CO)C(=O)N[C@@H](CO)C(=O)N[C@@H](CO)C(=O)O. The molecule has 0 spiro atoms. The first-order chi connectivity index (χ1) is 12.6. The zero-order valence-corrected chi connectivity index (χ0v) is 15.2. The predicted molar refractivity (Wildman–Crippen MR) is 92.1 cm³/mol. The van der Waals surface area contributed by atoms with E-state index in [9.17, 15) is 24.3 Å². The number of carboxylic acids is 1. The molecule has 0 aromatic carbocycles. The Balaban J connectivity index is 5.17. The van der Waals surface area contributed by atoms with Crippen molar-refractivity contribution in [2.45, 2.75) is 44.4 Å². The number of nitrogens with two attached hydrogens (primary N) is 1. The van der Waals surface area contributed by atoms with Gasteiger partial charge in [0.2, 0.25) is 17.7 Å². The second-order valence-corrected chi connectivity index (χ2v) is 5.99. The minimum Gasteiger partial charge on any atom is -0.480 e. The number of carbonyl (C=O) groups excluding carboxylic acids is 3. The molecule has 0 aromatic heterocycles. The summed E-state index contributed by atoms with van der Waals surface area (Å²) in [6, 6.07) is -5.44. The zero-order chi connectivity index (χ0) is 21.1. The van der Waals surface area contributed by atoms with Gasteiger partial charge in [-0.25, -0.2) is 4.79 Å². The second-order valence-electron chi connectivity index (χ2n) is 5.99. The number of rotatable bonds is 12. The highest BCUT2D eigenvalue weighted by atomic mass is 16.4. The quantitative estimate of drug-likeness (QED) is 0.162. The van der Waals surface area contributed by atoms with E-state index in [4.69, 9.17) is 21.1 Å². The predicted octanol–water partition coefficient (Wildman–Crippen LogP) is -4.12. The molecule has 0 unspecified atom stereocenters. The number of amides is 3. The number of hydrogen-bond acceptors (Lipinski definition) is 8. The van der Waals surface area contributed by atoms with Crippen LogP contribution >= 0.6 is 0 Å². The van der Waals surface area contributed by atoms with Gasteiger partial charge in [0.05, 0.1) is 19.8 Å². The molecule has 0 saturated heterocycles. The van der Waals surface area contributed by atoms with Gasteiger partial charge in [-0.2, -0.15) is 0 Å². The fraction of sp³-hybridized carbons (Fsp3) is 0.733. The van der Waals surface area contributed by atoms with E-state index in [1.165, 1.54) is 0 Å². The molecule has 0 aliphatic carbocycles. The van der Waals surface area contributed by atoms with Crippen molar-refractivity contribution in [3.8, 4) is 0 Å². The third-order valence-electron chi connectivity index (χ3n) is 3.94. The molecular weight excluding hydrogens is 364 g/mol. The van der Waals surface area contributed by atoms with Crippen LogP contribution in [0.4, 0.5) is 0 Å². The van der Waals surface area contributed by atoms with E-state index < -0.39 is 67.7 Å². The van der Waals surface area contributed by atoms with Crippen molar-refractivity contribution in [3.63, 3.8) is 0 Å². The molecule has 0 heterocycles. The Bertz CT molecular complexity index is 530. The highest BCUT2D eigenvalue weighted by Gasteiger charge is 2.31. The molecule has 5 atom stereocenters. The lowest BCUT2D eigenvalue weighted by molar-refractivity contribution is -0.143. The van der Waals surface area contributed by atoms with Crippen LogP contribution in [0.5, 0.6) is 0 Å². The molecule has 12 nitrogen and oxygen atoms in total.